The molecular weight excluding hydrogens is 211 g/mol. The summed E-state index contributed by atoms with van der Waals surface area (Å²) in [5, 5.41) is 0. The molecule has 1 aliphatic rings. The monoisotopic (exact) mass is 233 g/mol. The van der Waals surface area contributed by atoms with Gasteiger partial charge in [-0.1, -0.05) is 38.8 Å². The van der Waals surface area contributed by atoms with Crippen molar-refractivity contribution >= 4 is 0 Å². The predicted molar refractivity (Wildman–Crippen MR) is 59.8 cm³/mol. The molecule has 1 heteroatoms. The number of rotatable bonds is 5. The molecule has 1 radical (unpaired) electrons. The summed E-state index contributed by atoms with van der Waals surface area (Å²) >= 11 is 0. The fourth-order valence-electron chi connectivity index (χ4n) is 2.20. The van der Waals surface area contributed by atoms with E-state index >= 15 is 0 Å². The molecular formula is C13H22Mn. The van der Waals surface area contributed by atoms with Gasteiger partial charge in [0.25, 0.3) is 0 Å². The molecule has 0 aromatic rings. The molecule has 0 aliphatic heterocycles. The molecule has 0 saturated heterocycles. The molecule has 0 aromatic heterocycles. The van der Waals surface area contributed by atoms with Crippen molar-refractivity contribution in [3.63, 3.8) is 0 Å². The third kappa shape index (κ3) is 3.29. The topological polar surface area (TPSA) is 0 Å². The number of hydrogen-bond acceptors (Lipinski definition) is 0. The summed E-state index contributed by atoms with van der Waals surface area (Å²) in [6.45, 7) is 6.83. The predicted octanol–water partition coefficient (Wildman–Crippen LogP) is 4.62. The summed E-state index contributed by atoms with van der Waals surface area (Å²) in [4.78, 5) is 0. The Morgan fingerprint density at radius 3 is 2.36 bits per heavy atom. The van der Waals surface area contributed by atoms with Gasteiger partial charge < -0.3 is 0 Å². The Kier molecular flexibility index (Phi) is 7.31. The largest absolute Gasteiger partial charge is 0.0770 e. The van der Waals surface area contributed by atoms with Crippen LogP contribution in [-0.2, 0) is 17.1 Å². The Morgan fingerprint density at radius 2 is 1.86 bits per heavy atom. The Bertz CT molecular complexity index is 223. The molecule has 0 atom stereocenters. The van der Waals surface area contributed by atoms with Gasteiger partial charge in [-0.25, -0.2) is 0 Å². The molecule has 1 rings (SSSR count). The van der Waals surface area contributed by atoms with E-state index in [-0.39, 0.29) is 17.1 Å². The molecule has 0 unspecified atom stereocenters. The van der Waals surface area contributed by atoms with Crippen LogP contribution in [0.4, 0.5) is 0 Å². The van der Waals surface area contributed by atoms with E-state index in [1.807, 2.05) is 0 Å². The molecule has 0 nitrogen and oxygen atoms in total. The summed E-state index contributed by atoms with van der Waals surface area (Å²) in [6.07, 6.45) is 10.2. The van der Waals surface area contributed by atoms with Crippen LogP contribution in [0.2, 0.25) is 0 Å². The first-order chi connectivity index (χ1) is 6.33. The van der Waals surface area contributed by atoms with Crippen LogP contribution in [-0.4, -0.2) is 0 Å². The Balaban J connectivity index is 0.00000169. The van der Waals surface area contributed by atoms with Gasteiger partial charge in [-0.05, 0) is 43.3 Å². The van der Waals surface area contributed by atoms with E-state index in [1.54, 1.807) is 16.7 Å². The number of allylic oxidation sites excluding steroid dienone is 4. The SMILES string of the molecule is CCCCC1=C(CC)C(CC)=CC1.[Mn]. The minimum Gasteiger partial charge on any atom is -0.0770 e. The van der Waals surface area contributed by atoms with Crippen molar-refractivity contribution in [2.24, 2.45) is 0 Å². The summed E-state index contributed by atoms with van der Waals surface area (Å²) < 4.78 is 0. The van der Waals surface area contributed by atoms with Crippen LogP contribution in [0.5, 0.6) is 0 Å². The molecule has 81 valence electrons. The zero-order valence-electron chi connectivity index (χ0n) is 9.70. The molecule has 1 aliphatic carbocycles. The van der Waals surface area contributed by atoms with Gasteiger partial charge in [0, 0.05) is 17.1 Å². The van der Waals surface area contributed by atoms with Crippen molar-refractivity contribution < 1.29 is 17.1 Å². The second kappa shape index (κ2) is 7.31. The molecule has 0 fully saturated rings. The van der Waals surface area contributed by atoms with Crippen LogP contribution >= 0.6 is 0 Å². The van der Waals surface area contributed by atoms with Gasteiger partial charge in [0.05, 0.1) is 0 Å². The van der Waals surface area contributed by atoms with E-state index in [4.69, 9.17) is 0 Å². The van der Waals surface area contributed by atoms with Crippen molar-refractivity contribution in [3.8, 4) is 0 Å². The summed E-state index contributed by atoms with van der Waals surface area (Å²) in [5.41, 5.74) is 5.02. The maximum atomic E-state index is 2.43. The van der Waals surface area contributed by atoms with E-state index in [0.717, 1.165) is 0 Å². The second-order valence-electron chi connectivity index (χ2n) is 3.83. The van der Waals surface area contributed by atoms with Crippen LogP contribution in [0.15, 0.2) is 22.8 Å². The smallest absolute Gasteiger partial charge is 0 e. The third-order valence-electron chi connectivity index (χ3n) is 2.98. The zero-order valence-corrected chi connectivity index (χ0v) is 10.9. The Hall–Kier alpha value is -0.000519. The molecule has 0 aromatic carbocycles. The standard InChI is InChI=1S/C13H22.Mn/c1-4-7-8-12-10-9-11(5-2)13(12)6-3;/h9H,4-8,10H2,1-3H3;. The molecule has 0 amide bonds. The summed E-state index contributed by atoms with van der Waals surface area (Å²) in [7, 11) is 0. The van der Waals surface area contributed by atoms with Gasteiger partial charge in [-0.2, -0.15) is 0 Å². The Labute approximate surface area is 99.3 Å². The normalized spacial score (nSPS) is 15.5. The first-order valence-electron chi connectivity index (χ1n) is 5.73. The molecule has 0 spiro atoms. The van der Waals surface area contributed by atoms with Crippen LogP contribution in [0.25, 0.3) is 0 Å². The van der Waals surface area contributed by atoms with Gasteiger partial charge in [-0.3, -0.25) is 0 Å². The maximum Gasteiger partial charge on any atom is 0 e. The van der Waals surface area contributed by atoms with E-state index < -0.39 is 0 Å². The van der Waals surface area contributed by atoms with Gasteiger partial charge in [0.1, 0.15) is 0 Å². The van der Waals surface area contributed by atoms with E-state index in [2.05, 4.69) is 26.8 Å². The van der Waals surface area contributed by atoms with Crippen molar-refractivity contribution in [3.05, 3.63) is 22.8 Å². The maximum absolute atomic E-state index is 2.43. The first kappa shape index (κ1) is 14.0. The molecule has 0 saturated carbocycles. The van der Waals surface area contributed by atoms with Crippen LogP contribution in [0.1, 0.15) is 59.3 Å². The van der Waals surface area contributed by atoms with Gasteiger partial charge >= 0.3 is 0 Å². The average Bonchev–Trinajstić information content (AvgIpc) is 2.56. The van der Waals surface area contributed by atoms with Gasteiger partial charge in [-0.15, -0.1) is 0 Å². The van der Waals surface area contributed by atoms with Crippen molar-refractivity contribution in [1.29, 1.82) is 0 Å². The van der Waals surface area contributed by atoms with Gasteiger partial charge in [0.2, 0.25) is 0 Å². The van der Waals surface area contributed by atoms with E-state index in [9.17, 15) is 0 Å². The summed E-state index contributed by atoms with van der Waals surface area (Å²) in [5.74, 6) is 0. The third-order valence-corrected chi connectivity index (χ3v) is 2.98. The quantitative estimate of drug-likeness (QED) is 0.608. The van der Waals surface area contributed by atoms with Crippen molar-refractivity contribution in [2.75, 3.05) is 0 Å². The van der Waals surface area contributed by atoms with Crippen molar-refractivity contribution in [2.45, 2.75) is 59.3 Å². The van der Waals surface area contributed by atoms with Crippen molar-refractivity contribution in [1.82, 2.24) is 0 Å². The molecule has 0 heterocycles. The molecule has 14 heavy (non-hydrogen) atoms. The minimum absolute atomic E-state index is 0. The number of unbranched alkanes of at least 4 members (excludes halogenated alkanes) is 1. The Morgan fingerprint density at radius 1 is 1.14 bits per heavy atom. The molecule has 0 bridgehead atoms. The van der Waals surface area contributed by atoms with Crippen LogP contribution in [0, 0.1) is 0 Å². The van der Waals surface area contributed by atoms with E-state index in [0.29, 0.717) is 0 Å². The van der Waals surface area contributed by atoms with E-state index in [1.165, 1.54) is 38.5 Å². The zero-order chi connectivity index (χ0) is 9.68. The first-order valence-corrected chi connectivity index (χ1v) is 5.73. The average molecular weight is 233 g/mol. The van der Waals surface area contributed by atoms with Gasteiger partial charge in [0.15, 0.2) is 0 Å². The van der Waals surface area contributed by atoms with Crippen LogP contribution in [0.3, 0.4) is 0 Å². The fourth-order valence-corrected chi connectivity index (χ4v) is 2.20. The number of hydrogen-bond donors (Lipinski definition) is 0. The second-order valence-corrected chi connectivity index (χ2v) is 3.83. The minimum atomic E-state index is 0. The van der Waals surface area contributed by atoms with Crippen LogP contribution < -0.4 is 0 Å². The molecule has 0 N–H and O–H groups in total. The fraction of sp³-hybridized carbons (Fsp3) is 0.692. The summed E-state index contributed by atoms with van der Waals surface area (Å²) in [6, 6.07) is 0.